The van der Waals surface area contributed by atoms with Gasteiger partial charge in [0, 0.05) is 32.8 Å². The zero-order valence-corrected chi connectivity index (χ0v) is 23.6. The fourth-order valence-electron chi connectivity index (χ4n) is 6.18. The van der Waals surface area contributed by atoms with Gasteiger partial charge in [-0.2, -0.15) is 0 Å². The number of furan rings is 1. The van der Waals surface area contributed by atoms with Gasteiger partial charge in [-0.3, -0.25) is 0 Å². The van der Waals surface area contributed by atoms with E-state index < -0.39 is 7.12 Å². The van der Waals surface area contributed by atoms with E-state index in [2.05, 4.69) is 129 Å². The van der Waals surface area contributed by atoms with Gasteiger partial charge in [-0.1, -0.05) is 72.8 Å². The first-order valence-electron chi connectivity index (χ1n) is 14.2. The summed E-state index contributed by atoms with van der Waals surface area (Å²) in [4.78, 5) is 0. The molecule has 1 aliphatic rings. The van der Waals surface area contributed by atoms with E-state index in [4.69, 9.17) is 13.7 Å². The van der Waals surface area contributed by atoms with Crippen molar-refractivity contribution in [3.8, 4) is 16.8 Å². The maximum absolute atomic E-state index is 6.38. The van der Waals surface area contributed by atoms with Crippen LogP contribution in [0.15, 0.2) is 114 Å². The van der Waals surface area contributed by atoms with Crippen molar-refractivity contribution in [2.24, 2.45) is 0 Å². The van der Waals surface area contributed by atoms with Crippen LogP contribution < -0.4 is 5.46 Å². The standard InChI is InChI=1S/C36H30BNO3/c1-35(2)36(3,4)41-37(40-35)24-11-9-12-25(22-24)38-31-17-7-5-13-27(31)30-21-23(19-20-32(30)38)26-15-10-16-29-28-14-6-8-18-33(28)39-34(26)29/h5-22H,1-4H3. The maximum atomic E-state index is 6.38. The van der Waals surface area contributed by atoms with Gasteiger partial charge in [-0.05, 0) is 75.1 Å². The van der Waals surface area contributed by atoms with E-state index in [1.807, 2.05) is 12.1 Å². The molecule has 1 saturated heterocycles. The van der Waals surface area contributed by atoms with Crippen molar-refractivity contribution < 1.29 is 13.7 Å². The molecule has 2 aromatic heterocycles. The lowest BCUT2D eigenvalue weighted by atomic mass is 9.79. The summed E-state index contributed by atoms with van der Waals surface area (Å²) in [5, 5.41) is 4.69. The fourth-order valence-corrected chi connectivity index (χ4v) is 6.18. The number of rotatable bonds is 3. The molecule has 4 nitrogen and oxygen atoms in total. The predicted octanol–water partition coefficient (Wildman–Crippen LogP) is 8.65. The fraction of sp³-hybridized carbons (Fsp3) is 0.167. The predicted molar refractivity (Wildman–Crippen MR) is 169 cm³/mol. The van der Waals surface area contributed by atoms with Crippen LogP contribution in [-0.2, 0) is 9.31 Å². The van der Waals surface area contributed by atoms with Crippen LogP contribution in [0.3, 0.4) is 0 Å². The number of para-hydroxylation sites is 3. The molecule has 7 aromatic rings. The second kappa shape index (κ2) is 8.59. The average Bonchev–Trinajstić information content (AvgIpc) is 3.59. The molecular weight excluding hydrogens is 505 g/mol. The Labute approximate surface area is 239 Å². The summed E-state index contributed by atoms with van der Waals surface area (Å²) in [7, 11) is -0.413. The molecule has 0 spiro atoms. The molecule has 3 heterocycles. The number of aromatic nitrogens is 1. The van der Waals surface area contributed by atoms with Gasteiger partial charge in [-0.15, -0.1) is 0 Å². The number of benzene rings is 5. The van der Waals surface area contributed by atoms with Crippen LogP contribution in [0.4, 0.5) is 0 Å². The first-order valence-corrected chi connectivity index (χ1v) is 14.2. The summed E-state index contributed by atoms with van der Waals surface area (Å²) < 4.78 is 21.5. The zero-order chi connectivity index (χ0) is 27.9. The van der Waals surface area contributed by atoms with Crippen LogP contribution in [0.1, 0.15) is 27.7 Å². The molecule has 5 aromatic carbocycles. The molecular formula is C36H30BNO3. The molecule has 41 heavy (non-hydrogen) atoms. The molecule has 0 aliphatic carbocycles. The number of hydrogen-bond donors (Lipinski definition) is 0. The first kappa shape index (κ1) is 24.5. The lowest BCUT2D eigenvalue weighted by molar-refractivity contribution is 0.00578. The Morgan fingerprint density at radius 2 is 1.27 bits per heavy atom. The number of nitrogens with zero attached hydrogens (tertiary/aromatic N) is 1. The molecule has 1 fully saturated rings. The highest BCUT2D eigenvalue weighted by atomic mass is 16.7. The molecule has 0 N–H and O–H groups in total. The Morgan fingerprint density at radius 3 is 2.10 bits per heavy atom. The Morgan fingerprint density at radius 1 is 0.585 bits per heavy atom. The molecule has 5 heteroatoms. The van der Waals surface area contributed by atoms with E-state index >= 15 is 0 Å². The Hall–Kier alpha value is -4.32. The third-order valence-electron chi connectivity index (χ3n) is 9.04. The van der Waals surface area contributed by atoms with Crippen LogP contribution in [0.5, 0.6) is 0 Å². The molecule has 0 radical (unpaired) electrons. The van der Waals surface area contributed by atoms with Gasteiger partial charge >= 0.3 is 7.12 Å². The summed E-state index contributed by atoms with van der Waals surface area (Å²) in [6.07, 6.45) is 0. The monoisotopic (exact) mass is 535 g/mol. The van der Waals surface area contributed by atoms with Crippen molar-refractivity contribution in [3.05, 3.63) is 109 Å². The third-order valence-corrected chi connectivity index (χ3v) is 9.04. The largest absolute Gasteiger partial charge is 0.494 e. The average molecular weight is 535 g/mol. The summed E-state index contributed by atoms with van der Waals surface area (Å²) in [5.74, 6) is 0. The summed E-state index contributed by atoms with van der Waals surface area (Å²) in [6.45, 7) is 8.36. The first-order chi connectivity index (χ1) is 19.8. The molecule has 1 aliphatic heterocycles. The topological polar surface area (TPSA) is 36.5 Å². The Balaban J connectivity index is 1.30. The van der Waals surface area contributed by atoms with E-state index in [1.165, 1.54) is 10.8 Å². The van der Waals surface area contributed by atoms with Crippen molar-refractivity contribution >= 4 is 56.3 Å². The molecule has 0 bridgehead atoms. The van der Waals surface area contributed by atoms with Crippen molar-refractivity contribution in [1.82, 2.24) is 4.57 Å². The van der Waals surface area contributed by atoms with E-state index in [9.17, 15) is 0 Å². The normalized spacial score (nSPS) is 16.4. The second-order valence-corrected chi connectivity index (χ2v) is 12.0. The van der Waals surface area contributed by atoms with Crippen LogP contribution in [0.2, 0.25) is 0 Å². The van der Waals surface area contributed by atoms with Gasteiger partial charge in [0.2, 0.25) is 0 Å². The highest BCUT2D eigenvalue weighted by Gasteiger charge is 2.51. The van der Waals surface area contributed by atoms with E-state index in [-0.39, 0.29) is 11.2 Å². The second-order valence-electron chi connectivity index (χ2n) is 12.0. The van der Waals surface area contributed by atoms with Crippen LogP contribution in [0, 0.1) is 0 Å². The minimum Gasteiger partial charge on any atom is -0.455 e. The highest BCUT2D eigenvalue weighted by molar-refractivity contribution is 6.62. The van der Waals surface area contributed by atoms with Crippen LogP contribution >= 0.6 is 0 Å². The van der Waals surface area contributed by atoms with Gasteiger partial charge in [0.25, 0.3) is 0 Å². The van der Waals surface area contributed by atoms with Crippen LogP contribution in [0.25, 0.3) is 60.6 Å². The molecule has 0 saturated carbocycles. The summed E-state index contributed by atoms with van der Waals surface area (Å²) in [6, 6.07) is 38.5. The van der Waals surface area contributed by atoms with E-state index in [0.29, 0.717) is 0 Å². The smallest absolute Gasteiger partial charge is 0.455 e. The van der Waals surface area contributed by atoms with E-state index in [1.54, 1.807) is 0 Å². The summed E-state index contributed by atoms with van der Waals surface area (Å²) in [5.41, 5.74) is 7.69. The number of hydrogen-bond acceptors (Lipinski definition) is 3. The molecule has 0 unspecified atom stereocenters. The van der Waals surface area contributed by atoms with Crippen molar-refractivity contribution in [2.75, 3.05) is 0 Å². The lowest BCUT2D eigenvalue weighted by Gasteiger charge is -2.32. The molecule has 8 rings (SSSR count). The maximum Gasteiger partial charge on any atom is 0.494 e. The third kappa shape index (κ3) is 3.63. The highest BCUT2D eigenvalue weighted by Crippen LogP contribution is 2.40. The Kier molecular flexibility index (Phi) is 5.13. The number of fused-ring (bicyclic) bond motifs is 6. The molecule has 0 atom stereocenters. The SMILES string of the molecule is CC1(C)OB(c2cccc(-n3c4ccccc4c4cc(-c5cccc6c5oc5ccccc56)ccc43)c2)OC1(C)C. The van der Waals surface area contributed by atoms with Gasteiger partial charge in [0.1, 0.15) is 11.2 Å². The van der Waals surface area contributed by atoms with Gasteiger partial charge < -0.3 is 18.3 Å². The quantitative estimate of drug-likeness (QED) is 0.213. The van der Waals surface area contributed by atoms with Crippen LogP contribution in [-0.4, -0.2) is 22.9 Å². The van der Waals surface area contributed by atoms with Gasteiger partial charge in [0.15, 0.2) is 0 Å². The Bertz CT molecular complexity index is 2120. The minimum atomic E-state index is -0.413. The van der Waals surface area contributed by atoms with Gasteiger partial charge in [-0.25, -0.2) is 0 Å². The lowest BCUT2D eigenvalue weighted by Crippen LogP contribution is -2.41. The minimum absolute atomic E-state index is 0.389. The van der Waals surface area contributed by atoms with Crippen molar-refractivity contribution in [1.29, 1.82) is 0 Å². The van der Waals surface area contributed by atoms with Gasteiger partial charge in [0.05, 0.1) is 22.2 Å². The zero-order valence-electron chi connectivity index (χ0n) is 23.6. The van der Waals surface area contributed by atoms with Crippen molar-refractivity contribution in [3.63, 3.8) is 0 Å². The molecule has 200 valence electrons. The van der Waals surface area contributed by atoms with E-state index in [0.717, 1.165) is 55.2 Å². The van der Waals surface area contributed by atoms with Crippen molar-refractivity contribution in [2.45, 2.75) is 38.9 Å². The summed E-state index contributed by atoms with van der Waals surface area (Å²) >= 11 is 0. The molecule has 0 amide bonds.